The summed E-state index contributed by atoms with van der Waals surface area (Å²) in [5.74, 6) is -1.00. The Balaban J connectivity index is 1.61. The van der Waals surface area contributed by atoms with Gasteiger partial charge in [0.1, 0.15) is 17.6 Å². The Morgan fingerprint density at radius 2 is 1.72 bits per heavy atom. The molecule has 1 heterocycles. The SMILES string of the molecule is C=CCCCOc1cc(C2CCCC2)cc(C)c1-c1cc(C2CC2)c(F)c([C@H](CC(=O)OCC)NC(=O)[C@H](CC=C)n2cc(CCN(CC)CC)c(C(F)(F)F)cc2=O)c1. The molecule has 2 aliphatic rings. The number of rotatable bonds is 22. The van der Waals surface area contributed by atoms with Crippen LogP contribution in [0.3, 0.4) is 0 Å². The van der Waals surface area contributed by atoms with Crippen molar-refractivity contribution < 1.29 is 36.6 Å². The Bertz CT molecular complexity index is 2050. The number of unbranched alkanes of at least 4 members (excludes halogenated alkanes) is 1. The predicted molar refractivity (Wildman–Crippen MR) is 228 cm³/mol. The highest BCUT2D eigenvalue weighted by Crippen LogP contribution is 2.47. The van der Waals surface area contributed by atoms with Crippen LogP contribution < -0.4 is 15.6 Å². The van der Waals surface area contributed by atoms with Gasteiger partial charge in [0, 0.05) is 29.9 Å². The molecule has 8 nitrogen and oxygen atoms in total. The normalized spacial score (nSPS) is 15.5. The lowest BCUT2D eigenvalue weighted by atomic mass is 9.88. The maximum Gasteiger partial charge on any atom is 0.416 e. The van der Waals surface area contributed by atoms with Crippen LogP contribution in [0.2, 0.25) is 0 Å². The maximum atomic E-state index is 17.0. The van der Waals surface area contributed by atoms with Crippen molar-refractivity contribution >= 4 is 11.9 Å². The van der Waals surface area contributed by atoms with Crippen LogP contribution in [0.1, 0.15) is 142 Å². The van der Waals surface area contributed by atoms with E-state index in [2.05, 4.69) is 30.6 Å². The standard InChI is InChI=1S/C48H61F4N3O5/c1-7-12-15-23-60-42-27-35(32-17-13-14-18-32)24-31(6)45(42)36-25-37(33-19-20-33)46(49)38(26-36)40(29-44(57)59-11-5)53-47(58)41(16-8-2)55-30-34(21-22-54(9-3)10-4)39(28-43(55)56)48(50,51)52/h7-8,24-28,30,32-33,40-41H,1-2,9-23,29H2,3-6H3,(H,53,58)/t40-,41-/m0/s1. The predicted octanol–water partition coefficient (Wildman–Crippen LogP) is 10.7. The number of hydrogen-bond acceptors (Lipinski definition) is 6. The molecule has 2 saturated carbocycles. The molecule has 1 N–H and O–H groups in total. The number of hydrogen-bond donors (Lipinski definition) is 1. The number of alkyl halides is 3. The fourth-order valence-electron chi connectivity index (χ4n) is 8.44. The number of nitrogens with zero attached hydrogens (tertiary/aromatic N) is 2. The van der Waals surface area contributed by atoms with Crippen LogP contribution in [0, 0.1) is 12.7 Å². The first-order valence-electron chi connectivity index (χ1n) is 21.6. The summed E-state index contributed by atoms with van der Waals surface area (Å²) in [6.07, 6.45) is 6.56. The molecule has 60 heavy (non-hydrogen) atoms. The van der Waals surface area contributed by atoms with Crippen LogP contribution in [-0.4, -0.2) is 54.2 Å². The molecule has 1 amide bonds. The van der Waals surface area contributed by atoms with Gasteiger partial charge in [0.05, 0.1) is 31.2 Å². The van der Waals surface area contributed by atoms with E-state index < -0.39 is 53.5 Å². The van der Waals surface area contributed by atoms with Crippen LogP contribution in [0.15, 0.2) is 66.6 Å². The highest BCUT2D eigenvalue weighted by atomic mass is 19.4. The number of amides is 1. The van der Waals surface area contributed by atoms with Gasteiger partial charge in [0.25, 0.3) is 5.56 Å². The monoisotopic (exact) mass is 835 g/mol. The lowest BCUT2D eigenvalue weighted by Gasteiger charge is -2.26. The molecule has 0 unspecified atom stereocenters. The van der Waals surface area contributed by atoms with Gasteiger partial charge in [-0.05, 0) is 136 Å². The molecular weight excluding hydrogens is 775 g/mol. The van der Waals surface area contributed by atoms with Crippen molar-refractivity contribution in [2.75, 3.05) is 32.8 Å². The Hall–Kier alpha value is -4.71. The van der Waals surface area contributed by atoms with E-state index in [1.165, 1.54) is 24.5 Å². The third-order valence-electron chi connectivity index (χ3n) is 11.8. The lowest BCUT2D eigenvalue weighted by Crippen LogP contribution is -2.40. The molecule has 2 aromatic carbocycles. The summed E-state index contributed by atoms with van der Waals surface area (Å²) in [6, 6.07) is 5.68. The average molecular weight is 836 g/mol. The van der Waals surface area contributed by atoms with E-state index in [9.17, 15) is 27.6 Å². The summed E-state index contributed by atoms with van der Waals surface area (Å²) >= 11 is 0. The van der Waals surface area contributed by atoms with Gasteiger partial charge in [-0.1, -0.05) is 44.9 Å². The minimum atomic E-state index is -4.80. The lowest BCUT2D eigenvalue weighted by molar-refractivity contribution is -0.144. The number of carbonyl (C=O) groups is 2. The van der Waals surface area contributed by atoms with Gasteiger partial charge < -0.3 is 24.3 Å². The van der Waals surface area contributed by atoms with Gasteiger partial charge in [0.15, 0.2) is 0 Å². The number of carbonyl (C=O) groups excluding carboxylic acids is 2. The molecule has 0 spiro atoms. The molecule has 5 rings (SSSR count). The number of halogens is 4. The number of allylic oxidation sites excluding steroid dienone is 2. The molecule has 0 aliphatic heterocycles. The highest BCUT2D eigenvalue weighted by Gasteiger charge is 2.37. The molecule has 326 valence electrons. The summed E-state index contributed by atoms with van der Waals surface area (Å²) in [6.45, 7) is 17.1. The third-order valence-corrected chi connectivity index (χ3v) is 11.8. The van der Waals surface area contributed by atoms with Crippen LogP contribution >= 0.6 is 0 Å². The first-order chi connectivity index (χ1) is 28.7. The van der Waals surface area contributed by atoms with Crippen molar-refractivity contribution in [3.05, 3.63) is 111 Å². The Morgan fingerprint density at radius 3 is 2.33 bits per heavy atom. The second-order valence-electron chi connectivity index (χ2n) is 16.1. The second-order valence-corrected chi connectivity index (χ2v) is 16.1. The first kappa shape index (κ1) is 46.4. The van der Waals surface area contributed by atoms with Gasteiger partial charge in [-0.2, -0.15) is 13.2 Å². The maximum absolute atomic E-state index is 17.0. The average Bonchev–Trinajstić information content (AvgIpc) is 3.90. The molecule has 1 aromatic heterocycles. The van der Waals surface area contributed by atoms with Crippen molar-refractivity contribution in [2.45, 2.75) is 128 Å². The Labute approximate surface area is 352 Å². The number of aromatic nitrogens is 1. The topological polar surface area (TPSA) is 89.9 Å². The smallest absolute Gasteiger partial charge is 0.416 e. The van der Waals surface area contributed by atoms with E-state index in [4.69, 9.17) is 9.47 Å². The number of ether oxygens (including phenoxy) is 2. The number of pyridine rings is 1. The van der Waals surface area contributed by atoms with Gasteiger partial charge in [-0.15, -0.1) is 13.2 Å². The summed E-state index contributed by atoms with van der Waals surface area (Å²) in [5, 5.41) is 2.84. The quantitative estimate of drug-likeness (QED) is 0.0469. The molecular formula is C48H61F4N3O5. The van der Waals surface area contributed by atoms with Crippen molar-refractivity contribution in [3.8, 4) is 16.9 Å². The Kier molecular flexibility index (Phi) is 16.4. The van der Waals surface area contributed by atoms with E-state index >= 15 is 4.39 Å². The molecule has 0 saturated heterocycles. The number of likely N-dealkylation sites (N-methyl/N-ethyl adjacent to an activating group) is 1. The van der Waals surface area contributed by atoms with Crippen molar-refractivity contribution in [3.63, 3.8) is 0 Å². The van der Waals surface area contributed by atoms with Crippen LogP contribution in [0.25, 0.3) is 11.1 Å². The van der Waals surface area contributed by atoms with Gasteiger partial charge >= 0.3 is 12.1 Å². The minimum absolute atomic E-state index is 0.0202. The van der Waals surface area contributed by atoms with Crippen molar-refractivity contribution in [1.29, 1.82) is 0 Å². The minimum Gasteiger partial charge on any atom is -0.493 e. The molecule has 3 aromatic rings. The number of aryl methyl sites for hydroxylation is 1. The molecule has 12 heteroatoms. The van der Waals surface area contributed by atoms with Crippen molar-refractivity contribution in [1.82, 2.24) is 14.8 Å². The van der Waals surface area contributed by atoms with E-state index in [0.717, 1.165) is 60.4 Å². The highest BCUT2D eigenvalue weighted by molar-refractivity contribution is 5.83. The zero-order valence-electron chi connectivity index (χ0n) is 35.6. The molecule has 2 atom stereocenters. The van der Waals surface area contributed by atoms with E-state index in [1.54, 1.807) is 13.0 Å². The van der Waals surface area contributed by atoms with Crippen molar-refractivity contribution in [2.24, 2.45) is 0 Å². The fourth-order valence-corrected chi connectivity index (χ4v) is 8.44. The summed E-state index contributed by atoms with van der Waals surface area (Å²) in [4.78, 5) is 43.1. The second kappa shape index (κ2) is 21.2. The molecule has 2 aliphatic carbocycles. The van der Waals surface area contributed by atoms with E-state index in [-0.39, 0.29) is 36.5 Å². The van der Waals surface area contributed by atoms with Crippen LogP contribution in [0.4, 0.5) is 17.6 Å². The Morgan fingerprint density at radius 1 is 1.00 bits per heavy atom. The third kappa shape index (κ3) is 11.6. The molecule has 0 radical (unpaired) electrons. The fraction of sp³-hybridized carbons (Fsp3) is 0.521. The molecule has 0 bridgehead atoms. The van der Waals surface area contributed by atoms with E-state index in [0.29, 0.717) is 55.1 Å². The molecule has 2 fully saturated rings. The number of nitrogens with one attached hydrogen (secondary N) is 1. The summed E-state index contributed by atoms with van der Waals surface area (Å²) < 4.78 is 72.6. The van der Waals surface area contributed by atoms with Gasteiger partial charge in [-0.3, -0.25) is 14.4 Å². The number of esters is 1. The zero-order chi connectivity index (χ0) is 43.6. The summed E-state index contributed by atoms with van der Waals surface area (Å²) in [5.41, 5.74) is 1.91. The zero-order valence-corrected chi connectivity index (χ0v) is 35.6. The van der Waals surface area contributed by atoms with Crippen LogP contribution in [0.5, 0.6) is 5.75 Å². The van der Waals surface area contributed by atoms with Gasteiger partial charge in [0.2, 0.25) is 5.91 Å². The number of benzene rings is 2. The van der Waals surface area contributed by atoms with Crippen LogP contribution in [-0.2, 0) is 26.9 Å². The van der Waals surface area contributed by atoms with E-state index in [1.807, 2.05) is 37.8 Å². The largest absolute Gasteiger partial charge is 0.493 e. The van der Waals surface area contributed by atoms with Gasteiger partial charge in [-0.25, -0.2) is 4.39 Å². The summed E-state index contributed by atoms with van der Waals surface area (Å²) in [7, 11) is 0. The first-order valence-corrected chi connectivity index (χ1v) is 21.6.